The Morgan fingerprint density at radius 1 is 1.63 bits per heavy atom. The molecule has 2 unspecified atom stereocenters. The molecule has 2 heterocycles. The first-order valence-electron chi connectivity index (χ1n) is 6.48. The molecule has 1 aromatic heterocycles. The number of nitrogens with zero attached hydrogens (tertiary/aromatic N) is 1. The molecule has 2 rings (SSSR count). The molecule has 0 amide bonds. The largest absolute Gasteiger partial charge is 0.480 e. The fourth-order valence-electron chi connectivity index (χ4n) is 2.48. The molecule has 0 aromatic carbocycles. The highest BCUT2D eigenvalue weighted by Gasteiger charge is 2.29. The number of nitrogens with two attached hydrogens (primary N) is 1. The Balaban J connectivity index is 2.20. The van der Waals surface area contributed by atoms with E-state index in [1.165, 1.54) is 0 Å². The van der Waals surface area contributed by atoms with Gasteiger partial charge in [0.2, 0.25) is 0 Å². The van der Waals surface area contributed by atoms with Crippen molar-refractivity contribution in [2.45, 2.75) is 44.2 Å². The van der Waals surface area contributed by atoms with Crippen molar-refractivity contribution in [1.29, 1.82) is 5.41 Å². The lowest BCUT2D eigenvalue weighted by atomic mass is 10.0. The average Bonchev–Trinajstić information content (AvgIpc) is 2.82. The predicted molar refractivity (Wildman–Crippen MR) is 77.0 cm³/mol. The van der Waals surface area contributed by atoms with Crippen molar-refractivity contribution in [3.8, 4) is 0 Å². The third-order valence-corrected chi connectivity index (χ3v) is 4.31. The Morgan fingerprint density at radius 2 is 2.42 bits per heavy atom. The minimum absolute atomic E-state index is 0.0137. The van der Waals surface area contributed by atoms with Crippen molar-refractivity contribution in [3.63, 3.8) is 0 Å². The van der Waals surface area contributed by atoms with Crippen molar-refractivity contribution in [1.82, 2.24) is 0 Å². The van der Waals surface area contributed by atoms with E-state index in [2.05, 4.69) is 0 Å². The van der Waals surface area contributed by atoms with Crippen LogP contribution in [0.2, 0.25) is 0 Å². The van der Waals surface area contributed by atoms with Crippen LogP contribution in [0.5, 0.6) is 0 Å². The number of carboxylic acid groups (broad SMARTS) is 1. The molecule has 1 aliphatic rings. The standard InChI is InChI=1S/C13H19N3O2S/c14-10(13(17)18)8-9-4-1-2-5-11(15)16(9)12-6-3-7-19-12/h3,6-7,9-10,15H,1-2,4-5,8,14H2,(H,17,18). The highest BCUT2D eigenvalue weighted by atomic mass is 32.1. The molecule has 1 aliphatic heterocycles. The molecule has 19 heavy (non-hydrogen) atoms. The number of aliphatic carboxylic acids is 1. The highest BCUT2D eigenvalue weighted by molar-refractivity contribution is 7.14. The minimum Gasteiger partial charge on any atom is -0.480 e. The molecule has 0 saturated carbocycles. The fourth-order valence-corrected chi connectivity index (χ4v) is 3.31. The van der Waals surface area contributed by atoms with Gasteiger partial charge in [0, 0.05) is 12.5 Å². The van der Waals surface area contributed by atoms with Crippen LogP contribution in [0.1, 0.15) is 32.1 Å². The first kappa shape index (κ1) is 14.0. The molecule has 0 aliphatic carbocycles. The second-order valence-electron chi connectivity index (χ2n) is 4.85. The maximum atomic E-state index is 10.9. The number of hydrogen-bond acceptors (Lipinski definition) is 4. The van der Waals surface area contributed by atoms with Crippen LogP contribution in [-0.4, -0.2) is 29.0 Å². The summed E-state index contributed by atoms with van der Waals surface area (Å²) < 4.78 is 0. The SMILES string of the molecule is N=C1CCCCC(CC(N)C(=O)O)N1c1cccs1. The van der Waals surface area contributed by atoms with E-state index in [9.17, 15) is 4.79 Å². The molecular weight excluding hydrogens is 262 g/mol. The van der Waals surface area contributed by atoms with Gasteiger partial charge in [-0.15, -0.1) is 11.3 Å². The van der Waals surface area contributed by atoms with Crippen molar-refractivity contribution in [2.24, 2.45) is 5.73 Å². The summed E-state index contributed by atoms with van der Waals surface area (Å²) in [5.41, 5.74) is 5.67. The van der Waals surface area contributed by atoms with E-state index >= 15 is 0 Å². The number of carboxylic acids is 1. The van der Waals surface area contributed by atoms with Crippen LogP contribution in [0.3, 0.4) is 0 Å². The maximum Gasteiger partial charge on any atom is 0.320 e. The van der Waals surface area contributed by atoms with Crippen LogP contribution >= 0.6 is 11.3 Å². The van der Waals surface area contributed by atoms with Crippen LogP contribution in [0, 0.1) is 5.41 Å². The van der Waals surface area contributed by atoms with E-state index in [0.717, 1.165) is 30.7 Å². The average molecular weight is 281 g/mol. The molecule has 104 valence electrons. The number of hydrogen-bond donors (Lipinski definition) is 3. The summed E-state index contributed by atoms with van der Waals surface area (Å²) in [7, 11) is 0. The first-order chi connectivity index (χ1) is 9.09. The van der Waals surface area contributed by atoms with Gasteiger partial charge in [-0.1, -0.05) is 6.42 Å². The van der Waals surface area contributed by atoms with Gasteiger partial charge in [0.1, 0.15) is 11.9 Å². The quantitative estimate of drug-likeness (QED) is 0.789. The molecule has 4 N–H and O–H groups in total. The van der Waals surface area contributed by atoms with Gasteiger partial charge in [-0.25, -0.2) is 0 Å². The lowest BCUT2D eigenvalue weighted by molar-refractivity contribution is -0.138. The van der Waals surface area contributed by atoms with Crippen molar-refractivity contribution < 1.29 is 9.90 Å². The second-order valence-corrected chi connectivity index (χ2v) is 5.77. The summed E-state index contributed by atoms with van der Waals surface area (Å²) in [5.74, 6) is -0.399. The van der Waals surface area contributed by atoms with Gasteiger partial charge in [-0.05, 0) is 36.8 Å². The zero-order chi connectivity index (χ0) is 13.8. The molecular formula is C13H19N3O2S. The number of nitrogens with one attached hydrogen (secondary N) is 1. The molecule has 0 radical (unpaired) electrons. The summed E-state index contributed by atoms with van der Waals surface area (Å²) in [5, 5.41) is 20.1. The van der Waals surface area contributed by atoms with Crippen LogP contribution in [0.4, 0.5) is 5.00 Å². The number of thiophene rings is 1. The molecule has 0 spiro atoms. The minimum atomic E-state index is -0.970. The predicted octanol–water partition coefficient (Wildman–Crippen LogP) is 2.28. The van der Waals surface area contributed by atoms with Gasteiger partial charge in [-0.2, -0.15) is 0 Å². The van der Waals surface area contributed by atoms with Gasteiger partial charge in [0.05, 0.1) is 5.00 Å². The van der Waals surface area contributed by atoms with Crippen LogP contribution in [-0.2, 0) is 4.79 Å². The third-order valence-electron chi connectivity index (χ3n) is 3.44. The normalized spacial score (nSPS) is 22.1. The molecule has 1 saturated heterocycles. The molecule has 0 bridgehead atoms. The molecule has 5 nitrogen and oxygen atoms in total. The van der Waals surface area contributed by atoms with Crippen molar-refractivity contribution >= 4 is 28.1 Å². The summed E-state index contributed by atoms with van der Waals surface area (Å²) in [6, 6.07) is 3.08. The smallest absolute Gasteiger partial charge is 0.320 e. The van der Waals surface area contributed by atoms with Crippen LogP contribution < -0.4 is 10.6 Å². The van der Waals surface area contributed by atoms with Crippen LogP contribution in [0.15, 0.2) is 17.5 Å². The van der Waals surface area contributed by atoms with E-state index in [4.69, 9.17) is 16.2 Å². The number of anilines is 1. The van der Waals surface area contributed by atoms with E-state index in [-0.39, 0.29) is 6.04 Å². The Bertz CT molecular complexity index is 447. The van der Waals surface area contributed by atoms with Gasteiger partial charge in [0.25, 0.3) is 0 Å². The summed E-state index contributed by atoms with van der Waals surface area (Å²) in [6.07, 6.45) is 4.02. The molecule has 1 aromatic rings. The summed E-state index contributed by atoms with van der Waals surface area (Å²) in [4.78, 5) is 12.9. The van der Waals surface area contributed by atoms with Gasteiger partial charge >= 0.3 is 5.97 Å². The van der Waals surface area contributed by atoms with Gasteiger partial charge in [0.15, 0.2) is 0 Å². The van der Waals surface area contributed by atoms with E-state index in [1.807, 2.05) is 22.4 Å². The second kappa shape index (κ2) is 6.16. The monoisotopic (exact) mass is 281 g/mol. The fraction of sp³-hybridized carbons (Fsp3) is 0.538. The number of amidine groups is 1. The van der Waals surface area contributed by atoms with Gasteiger partial charge in [-0.3, -0.25) is 10.2 Å². The lowest BCUT2D eigenvalue weighted by Gasteiger charge is -2.31. The van der Waals surface area contributed by atoms with Crippen molar-refractivity contribution in [3.05, 3.63) is 17.5 Å². The molecule has 2 atom stereocenters. The first-order valence-corrected chi connectivity index (χ1v) is 7.36. The summed E-state index contributed by atoms with van der Waals surface area (Å²) >= 11 is 1.58. The Labute approximate surface area is 116 Å². The maximum absolute atomic E-state index is 10.9. The van der Waals surface area contributed by atoms with Crippen molar-refractivity contribution in [2.75, 3.05) is 4.90 Å². The zero-order valence-electron chi connectivity index (χ0n) is 10.7. The Hall–Kier alpha value is -1.40. The van der Waals surface area contributed by atoms with E-state index in [0.29, 0.717) is 12.3 Å². The molecule has 6 heteroatoms. The Morgan fingerprint density at radius 3 is 3.05 bits per heavy atom. The lowest BCUT2D eigenvalue weighted by Crippen LogP contribution is -2.44. The number of rotatable bonds is 4. The zero-order valence-corrected chi connectivity index (χ0v) is 11.5. The molecule has 1 fully saturated rings. The topological polar surface area (TPSA) is 90.4 Å². The highest BCUT2D eigenvalue weighted by Crippen LogP contribution is 2.30. The van der Waals surface area contributed by atoms with Gasteiger partial charge < -0.3 is 15.7 Å². The summed E-state index contributed by atoms with van der Waals surface area (Å²) in [6.45, 7) is 0. The Kier molecular flexibility index (Phi) is 4.55. The van der Waals surface area contributed by atoms with Crippen LogP contribution in [0.25, 0.3) is 0 Å². The number of carbonyl (C=O) groups is 1. The van der Waals surface area contributed by atoms with E-state index < -0.39 is 12.0 Å². The third kappa shape index (κ3) is 3.33. The van der Waals surface area contributed by atoms with E-state index in [1.54, 1.807) is 11.3 Å².